The molecule has 24 heavy (non-hydrogen) atoms. The third kappa shape index (κ3) is 9.04. The molecular formula is C12H22B3N3O6. The van der Waals surface area contributed by atoms with Crippen molar-refractivity contribution in [1.29, 1.82) is 0 Å². The third-order valence-corrected chi connectivity index (χ3v) is 2.77. The van der Waals surface area contributed by atoms with Crippen LogP contribution in [0.15, 0.2) is 38.0 Å². The summed E-state index contributed by atoms with van der Waals surface area (Å²) >= 11 is 0. The van der Waals surface area contributed by atoms with Crippen molar-refractivity contribution < 1.29 is 29.1 Å². The molecular weight excluding hydrogens is 315 g/mol. The van der Waals surface area contributed by atoms with Crippen molar-refractivity contribution in [3.63, 3.8) is 0 Å². The number of hydrogen-bond donors (Lipinski definition) is 3. The molecule has 0 atom stereocenters. The molecule has 1 saturated heterocycles. The highest BCUT2D eigenvalue weighted by Gasteiger charge is 2.36. The van der Waals surface area contributed by atoms with Gasteiger partial charge >= 0.3 is 26.9 Å². The fourth-order valence-electron chi connectivity index (χ4n) is 1.81. The van der Waals surface area contributed by atoms with Crippen molar-refractivity contribution in [2.75, 3.05) is 32.7 Å². The van der Waals surface area contributed by atoms with Gasteiger partial charge in [-0.3, -0.25) is 0 Å². The molecule has 0 aliphatic carbocycles. The monoisotopic (exact) mass is 337 g/mol. The molecule has 0 amide bonds. The van der Waals surface area contributed by atoms with Crippen LogP contribution in [0.25, 0.3) is 0 Å². The largest absolute Gasteiger partial charge is 0.468 e. The van der Waals surface area contributed by atoms with Gasteiger partial charge in [-0.1, -0.05) is 18.7 Å². The molecule has 0 bridgehead atoms. The fourth-order valence-corrected chi connectivity index (χ4v) is 1.81. The summed E-state index contributed by atoms with van der Waals surface area (Å²) in [7, 11) is 0. The van der Waals surface area contributed by atoms with Crippen LogP contribution < -0.4 is 15.4 Å². The lowest BCUT2D eigenvalue weighted by molar-refractivity contribution is -0.274. The van der Waals surface area contributed by atoms with Crippen molar-refractivity contribution in [3.05, 3.63) is 38.0 Å². The van der Waals surface area contributed by atoms with E-state index >= 15 is 0 Å². The van der Waals surface area contributed by atoms with Crippen LogP contribution in [0.4, 0.5) is 0 Å². The van der Waals surface area contributed by atoms with Gasteiger partial charge in [0, 0.05) is 6.08 Å². The smallest absolute Gasteiger partial charge is 0.329 e. The summed E-state index contributed by atoms with van der Waals surface area (Å²) in [6.07, 6.45) is 4.26. The maximum atomic E-state index is 11.2. The van der Waals surface area contributed by atoms with Crippen molar-refractivity contribution in [3.8, 4) is 0 Å². The summed E-state index contributed by atoms with van der Waals surface area (Å²) < 4.78 is 5.03. The van der Waals surface area contributed by atoms with E-state index in [1.165, 1.54) is 0 Å². The molecule has 1 rings (SSSR count). The van der Waals surface area contributed by atoms with Gasteiger partial charge in [-0.15, -0.1) is 13.2 Å². The predicted molar refractivity (Wildman–Crippen MR) is 92.0 cm³/mol. The Balaban J connectivity index is 2.43. The Morgan fingerprint density at radius 2 is 1.25 bits per heavy atom. The van der Waals surface area contributed by atoms with Crippen LogP contribution in [0.5, 0.6) is 0 Å². The van der Waals surface area contributed by atoms with Gasteiger partial charge in [0.25, 0.3) is 0 Å². The quantitative estimate of drug-likeness (QED) is 0.0732. The standard InChI is InChI=1S/C12H22B3N3O6/c1-4-7-21-23-10-14-16-13(9-20-12(19)6-3)17-15(18-14)11-24-22-8-5-2/h4-6,16-18H,1-3,7-11H2. The summed E-state index contributed by atoms with van der Waals surface area (Å²) in [6, 6.07) is 0. The van der Waals surface area contributed by atoms with E-state index in [1.54, 1.807) is 12.2 Å². The SMILES string of the molecule is C=CCOOCB1NB(COOCC=C)NB(COC(=O)C=C)N1. The van der Waals surface area contributed by atoms with Crippen molar-refractivity contribution in [2.45, 2.75) is 0 Å². The normalized spacial score (nSPS) is 14.4. The Bertz CT molecular complexity index is 393. The number of rotatable bonds is 13. The lowest BCUT2D eigenvalue weighted by atomic mass is 9.50. The van der Waals surface area contributed by atoms with E-state index in [1.807, 2.05) is 0 Å². The zero-order valence-electron chi connectivity index (χ0n) is 13.6. The van der Waals surface area contributed by atoms with Gasteiger partial charge in [-0.05, 0) is 0 Å². The minimum absolute atomic E-state index is 0.112. The van der Waals surface area contributed by atoms with E-state index in [9.17, 15) is 4.79 Å². The lowest BCUT2D eigenvalue weighted by Gasteiger charge is -2.32. The third-order valence-electron chi connectivity index (χ3n) is 2.77. The zero-order valence-corrected chi connectivity index (χ0v) is 13.6. The van der Waals surface area contributed by atoms with E-state index in [2.05, 4.69) is 35.2 Å². The number of carbonyl (C=O) groups excluding carboxylic acids is 1. The number of ether oxygens (including phenoxy) is 1. The average Bonchev–Trinajstić information content (AvgIpc) is 2.60. The van der Waals surface area contributed by atoms with E-state index in [0.717, 1.165) is 6.08 Å². The number of nitrogens with one attached hydrogen (secondary N) is 3. The maximum absolute atomic E-state index is 11.2. The molecule has 0 aromatic rings. The van der Waals surface area contributed by atoms with Crippen LogP contribution in [-0.2, 0) is 29.1 Å². The zero-order chi connectivity index (χ0) is 17.6. The van der Waals surface area contributed by atoms with Crippen LogP contribution in [0.1, 0.15) is 0 Å². The van der Waals surface area contributed by atoms with Crippen molar-refractivity contribution >= 4 is 26.9 Å². The van der Waals surface area contributed by atoms with Crippen LogP contribution in [0.3, 0.4) is 0 Å². The molecule has 3 N–H and O–H groups in total. The summed E-state index contributed by atoms with van der Waals surface area (Å²) in [5.74, 6) is -0.499. The second-order valence-corrected chi connectivity index (χ2v) is 4.71. The highest BCUT2D eigenvalue weighted by Crippen LogP contribution is 1.93. The molecule has 1 heterocycles. The molecule has 0 spiro atoms. The highest BCUT2D eigenvalue weighted by atomic mass is 17.2. The molecule has 0 saturated carbocycles. The molecule has 1 fully saturated rings. The van der Waals surface area contributed by atoms with Crippen molar-refractivity contribution in [1.82, 2.24) is 15.4 Å². The molecule has 0 aromatic heterocycles. The van der Waals surface area contributed by atoms with Crippen molar-refractivity contribution in [2.24, 2.45) is 0 Å². The highest BCUT2D eigenvalue weighted by molar-refractivity contribution is 6.87. The summed E-state index contributed by atoms with van der Waals surface area (Å²) in [4.78, 5) is 31.1. The van der Waals surface area contributed by atoms with Gasteiger partial charge in [-0.25, -0.2) is 24.3 Å². The van der Waals surface area contributed by atoms with Gasteiger partial charge in [0.05, 0.1) is 19.5 Å². The Kier molecular flexibility index (Phi) is 11.1. The fraction of sp³-hybridized carbons (Fsp3) is 0.417. The first-order chi connectivity index (χ1) is 11.7. The Labute approximate surface area is 143 Å². The first-order valence-electron chi connectivity index (χ1n) is 7.47. The van der Waals surface area contributed by atoms with E-state index < -0.39 is 5.97 Å². The Morgan fingerprint density at radius 3 is 1.67 bits per heavy atom. The molecule has 12 heteroatoms. The van der Waals surface area contributed by atoms with Gasteiger partial charge in [-0.2, -0.15) is 0 Å². The summed E-state index contributed by atoms with van der Waals surface area (Å²) in [6.45, 7) is 10.7. The van der Waals surface area contributed by atoms with E-state index in [4.69, 9.17) is 24.3 Å². The Morgan fingerprint density at radius 1 is 0.792 bits per heavy atom. The molecule has 1 aliphatic rings. The van der Waals surface area contributed by atoms with Gasteiger partial charge in [0.2, 0.25) is 0 Å². The average molecular weight is 337 g/mol. The maximum Gasteiger partial charge on any atom is 0.329 e. The number of carbonyl (C=O) groups is 1. The van der Waals surface area contributed by atoms with Crippen LogP contribution in [0.2, 0.25) is 0 Å². The van der Waals surface area contributed by atoms with Crippen LogP contribution in [-0.4, -0.2) is 59.6 Å². The summed E-state index contributed by atoms with van der Waals surface area (Å²) in [5.41, 5.74) is 0. The van der Waals surface area contributed by atoms with E-state index in [-0.39, 0.29) is 53.7 Å². The second-order valence-electron chi connectivity index (χ2n) is 4.71. The minimum atomic E-state index is -0.499. The molecule has 0 aromatic carbocycles. The lowest BCUT2D eigenvalue weighted by Crippen LogP contribution is -2.78. The van der Waals surface area contributed by atoms with Gasteiger partial charge in [0.1, 0.15) is 13.2 Å². The van der Waals surface area contributed by atoms with Crippen LogP contribution >= 0.6 is 0 Å². The van der Waals surface area contributed by atoms with Crippen LogP contribution in [0, 0.1) is 0 Å². The Hall–Kier alpha value is -1.40. The summed E-state index contributed by atoms with van der Waals surface area (Å²) in [5, 5.41) is 9.52. The number of hydrogen-bond acceptors (Lipinski definition) is 9. The predicted octanol–water partition coefficient (Wildman–Crippen LogP) is -1.15. The molecule has 130 valence electrons. The van der Waals surface area contributed by atoms with E-state index in [0.29, 0.717) is 0 Å². The topological polar surface area (TPSA) is 99.3 Å². The first-order valence-corrected chi connectivity index (χ1v) is 7.47. The van der Waals surface area contributed by atoms with Gasteiger partial charge in [0.15, 0.2) is 0 Å². The number of esters is 1. The molecule has 0 radical (unpaired) electrons. The molecule has 1 aliphatic heterocycles. The minimum Gasteiger partial charge on any atom is -0.468 e. The molecule has 0 unspecified atom stereocenters. The second kappa shape index (κ2) is 13.0. The first kappa shape index (κ1) is 20.6. The molecule has 9 nitrogen and oxygen atoms in total. The van der Waals surface area contributed by atoms with Gasteiger partial charge < -0.3 is 20.2 Å².